The van der Waals surface area contributed by atoms with Crippen LogP contribution in [0.5, 0.6) is 0 Å². The fraction of sp³-hybridized carbons (Fsp3) is 0. The molecule has 5 nitrogen and oxygen atoms in total. The lowest BCUT2D eigenvalue weighted by molar-refractivity contribution is 0.0697. The molecule has 28 heavy (non-hydrogen) atoms. The maximum atomic E-state index is 13.3. The number of carboxylic acids is 1. The summed E-state index contributed by atoms with van der Waals surface area (Å²) in [5.41, 5.74) is 3.33. The van der Waals surface area contributed by atoms with Crippen LogP contribution in [-0.4, -0.2) is 21.0 Å². The summed E-state index contributed by atoms with van der Waals surface area (Å²) >= 11 is 1.49. The van der Waals surface area contributed by atoms with Crippen molar-refractivity contribution in [2.24, 2.45) is 0 Å². The van der Waals surface area contributed by atoms with Crippen molar-refractivity contribution in [3.05, 3.63) is 82.6 Å². The Morgan fingerprint density at radius 1 is 0.964 bits per heavy atom. The predicted octanol–water partition coefficient (Wildman–Crippen LogP) is 4.67. The number of hydrogen-bond donors (Lipinski definition) is 1. The second-order valence-electron chi connectivity index (χ2n) is 6.35. The fourth-order valence-corrected chi connectivity index (χ4v) is 4.49. The third-order valence-corrected chi connectivity index (χ3v) is 5.84. The van der Waals surface area contributed by atoms with Crippen molar-refractivity contribution < 1.29 is 9.90 Å². The van der Waals surface area contributed by atoms with Gasteiger partial charge in [-0.05, 0) is 42.0 Å². The van der Waals surface area contributed by atoms with E-state index < -0.39 is 5.97 Å². The van der Waals surface area contributed by atoms with Crippen LogP contribution in [0.1, 0.15) is 10.4 Å². The monoisotopic (exact) mass is 384 g/mol. The van der Waals surface area contributed by atoms with Gasteiger partial charge in [-0.1, -0.05) is 24.3 Å². The minimum atomic E-state index is -1.00. The Morgan fingerprint density at radius 2 is 1.75 bits per heavy atom. The molecule has 0 fully saturated rings. The molecule has 1 aliphatic carbocycles. The first kappa shape index (κ1) is 16.5. The highest BCUT2D eigenvalue weighted by atomic mass is 32.1. The van der Waals surface area contributed by atoms with Crippen LogP contribution in [0, 0.1) is 0 Å². The van der Waals surface area contributed by atoms with Gasteiger partial charge >= 0.3 is 5.97 Å². The van der Waals surface area contributed by atoms with Gasteiger partial charge in [0, 0.05) is 11.8 Å². The Bertz CT molecular complexity index is 1410. The molecule has 0 bridgehead atoms. The number of hydrogen-bond acceptors (Lipinski definition) is 5. The summed E-state index contributed by atoms with van der Waals surface area (Å²) in [6.45, 7) is 0. The lowest BCUT2D eigenvalue weighted by Gasteiger charge is -2.14. The molecule has 5 rings (SSSR count). The van der Waals surface area contributed by atoms with Gasteiger partial charge in [-0.2, -0.15) is 0 Å². The first-order chi connectivity index (χ1) is 13.6. The van der Waals surface area contributed by atoms with Crippen molar-refractivity contribution >= 4 is 38.4 Å². The van der Waals surface area contributed by atoms with E-state index in [1.807, 2.05) is 24.3 Å². The van der Waals surface area contributed by atoms with Crippen molar-refractivity contribution in [2.75, 3.05) is 0 Å². The summed E-state index contributed by atoms with van der Waals surface area (Å²) in [7, 11) is 0. The molecule has 2 aliphatic rings. The van der Waals surface area contributed by atoms with Gasteiger partial charge < -0.3 is 5.11 Å². The number of fused-ring (bicyclic) bond motifs is 4. The molecule has 0 amide bonds. The van der Waals surface area contributed by atoms with Crippen molar-refractivity contribution in [1.82, 2.24) is 9.97 Å². The molecule has 0 unspecified atom stereocenters. The highest BCUT2D eigenvalue weighted by molar-refractivity contribution is 7.22. The standard InChI is InChI=1S/C22H12N2O3S/c25-20-14-4-3-11-23-18(14)19-21(28-16-6-2-1-5-15(16)24-19)17(20)12-7-9-13(10-8-12)22(26)27/h1-11H,(H,26,27). The summed E-state index contributed by atoms with van der Waals surface area (Å²) in [6.07, 6.45) is 1.66. The van der Waals surface area contributed by atoms with E-state index in [-0.39, 0.29) is 11.0 Å². The summed E-state index contributed by atoms with van der Waals surface area (Å²) in [6, 6.07) is 17.6. The number of benzene rings is 3. The molecule has 0 radical (unpaired) electrons. The average molecular weight is 384 g/mol. The van der Waals surface area contributed by atoms with E-state index >= 15 is 0 Å². The van der Waals surface area contributed by atoms with Crippen molar-refractivity contribution in [3.8, 4) is 21.7 Å². The molecule has 2 heterocycles. The Morgan fingerprint density at radius 3 is 2.54 bits per heavy atom. The van der Waals surface area contributed by atoms with E-state index in [0.717, 1.165) is 15.1 Å². The largest absolute Gasteiger partial charge is 0.478 e. The van der Waals surface area contributed by atoms with Crippen LogP contribution in [0.25, 0.3) is 42.8 Å². The average Bonchev–Trinajstić information content (AvgIpc) is 2.73. The summed E-state index contributed by atoms with van der Waals surface area (Å²) in [5, 5.41) is 9.66. The van der Waals surface area contributed by atoms with Crippen LogP contribution in [0.3, 0.4) is 0 Å². The van der Waals surface area contributed by atoms with E-state index in [9.17, 15) is 9.59 Å². The molecule has 0 saturated heterocycles. The number of carbonyl (C=O) groups is 1. The Kier molecular flexibility index (Phi) is 3.67. The number of rotatable bonds is 2. The van der Waals surface area contributed by atoms with Gasteiger partial charge in [0.15, 0.2) is 5.43 Å². The molecule has 134 valence electrons. The molecule has 0 saturated carbocycles. The maximum Gasteiger partial charge on any atom is 0.335 e. The number of para-hydroxylation sites is 1. The zero-order valence-electron chi connectivity index (χ0n) is 14.4. The van der Waals surface area contributed by atoms with Gasteiger partial charge in [0.1, 0.15) is 11.2 Å². The maximum absolute atomic E-state index is 13.3. The Hall–Kier alpha value is -3.64. The number of carboxylic acid groups (broad SMARTS) is 1. The molecule has 6 heteroatoms. The second kappa shape index (κ2) is 6.21. The van der Waals surface area contributed by atoms with Crippen molar-refractivity contribution in [2.45, 2.75) is 0 Å². The van der Waals surface area contributed by atoms with Crippen LogP contribution >= 0.6 is 11.3 Å². The SMILES string of the molecule is O=C(O)c1ccc(-c2c3sc4ccccc4nc-3c3ncccc3c2=O)cc1. The zero-order chi connectivity index (χ0) is 19.3. The minimum Gasteiger partial charge on any atom is -0.478 e. The number of aromatic nitrogens is 2. The van der Waals surface area contributed by atoms with Crippen LogP contribution in [0.4, 0.5) is 0 Å². The van der Waals surface area contributed by atoms with Gasteiger partial charge in [-0.25, -0.2) is 9.78 Å². The predicted molar refractivity (Wildman–Crippen MR) is 110 cm³/mol. The smallest absolute Gasteiger partial charge is 0.335 e. The molecule has 0 spiro atoms. The summed E-state index contributed by atoms with van der Waals surface area (Å²) in [4.78, 5) is 34.4. The van der Waals surface area contributed by atoms with Crippen LogP contribution in [0.15, 0.2) is 71.7 Å². The first-order valence-electron chi connectivity index (χ1n) is 8.57. The topological polar surface area (TPSA) is 80.2 Å². The molecule has 1 N–H and O–H groups in total. The van der Waals surface area contributed by atoms with Crippen molar-refractivity contribution in [1.29, 1.82) is 0 Å². The summed E-state index contributed by atoms with van der Waals surface area (Å²) < 4.78 is 0.966. The van der Waals surface area contributed by atoms with E-state index in [2.05, 4.69) is 4.98 Å². The molecule has 3 aromatic rings. The van der Waals surface area contributed by atoms with E-state index in [1.165, 1.54) is 23.5 Å². The number of pyridine rings is 1. The molecular formula is C22H12N2O3S. The quantitative estimate of drug-likeness (QED) is 0.353. The van der Waals surface area contributed by atoms with Crippen molar-refractivity contribution in [3.63, 3.8) is 0 Å². The molecule has 1 aromatic heterocycles. The highest BCUT2D eigenvalue weighted by Gasteiger charge is 2.22. The lowest BCUT2D eigenvalue weighted by Crippen LogP contribution is -2.10. The summed E-state index contributed by atoms with van der Waals surface area (Å²) in [5.74, 6) is -1.00. The fourth-order valence-electron chi connectivity index (χ4n) is 3.35. The normalized spacial score (nSPS) is 11.3. The Labute approximate surface area is 162 Å². The van der Waals surface area contributed by atoms with Gasteiger partial charge in [0.05, 0.1) is 26.0 Å². The van der Waals surface area contributed by atoms with E-state index in [4.69, 9.17) is 10.1 Å². The first-order valence-corrected chi connectivity index (χ1v) is 9.39. The number of aromatic carboxylic acids is 1. The van der Waals surface area contributed by atoms with E-state index in [0.29, 0.717) is 27.7 Å². The van der Waals surface area contributed by atoms with Gasteiger partial charge in [0.25, 0.3) is 0 Å². The lowest BCUT2D eigenvalue weighted by atomic mass is 9.97. The highest BCUT2D eigenvalue weighted by Crippen LogP contribution is 2.40. The molecular weight excluding hydrogens is 372 g/mol. The van der Waals surface area contributed by atoms with Crippen LogP contribution < -0.4 is 5.43 Å². The Balaban J connectivity index is 1.94. The van der Waals surface area contributed by atoms with E-state index in [1.54, 1.807) is 30.5 Å². The number of nitrogens with zero attached hydrogens (tertiary/aromatic N) is 2. The molecule has 1 aliphatic heterocycles. The van der Waals surface area contributed by atoms with Gasteiger partial charge in [-0.15, -0.1) is 11.3 Å². The minimum absolute atomic E-state index is 0.132. The molecule has 2 aromatic carbocycles. The zero-order valence-corrected chi connectivity index (χ0v) is 15.2. The van der Waals surface area contributed by atoms with Gasteiger partial charge in [0.2, 0.25) is 0 Å². The third kappa shape index (κ3) is 2.46. The third-order valence-electron chi connectivity index (χ3n) is 4.68. The second-order valence-corrected chi connectivity index (χ2v) is 7.40. The van der Waals surface area contributed by atoms with Crippen LogP contribution in [0.2, 0.25) is 0 Å². The molecule has 0 atom stereocenters. The van der Waals surface area contributed by atoms with Gasteiger partial charge in [-0.3, -0.25) is 9.78 Å². The van der Waals surface area contributed by atoms with Crippen LogP contribution in [-0.2, 0) is 0 Å².